The Kier molecular flexibility index (Phi) is 7.11. The number of nitrogens with one attached hydrogen (secondary N) is 2. The monoisotopic (exact) mass is 439 g/mol. The summed E-state index contributed by atoms with van der Waals surface area (Å²) in [6, 6.07) is 7.22. The second-order valence-corrected chi connectivity index (χ2v) is 7.72. The fourth-order valence-electron chi connectivity index (χ4n) is 3.55. The molecule has 0 spiro atoms. The van der Waals surface area contributed by atoms with E-state index in [4.69, 9.17) is 0 Å². The highest BCUT2D eigenvalue weighted by atomic mass is 19.4. The summed E-state index contributed by atoms with van der Waals surface area (Å²) in [5.41, 5.74) is 1.67. The standard InChI is InChI=1S/C21H25F4N5O/c1-14-6-7-17(10-26-14)27-20(31)28-18-5-3-4-16(19(18)22)12-29-8-9-30(15(2)11-29)13-21(23,24)25/h3-7,10,15H,8-9,11-13H2,1-2H3,(H2,27,28,31)/t15-/m1/s1. The smallest absolute Gasteiger partial charge is 0.306 e. The summed E-state index contributed by atoms with van der Waals surface area (Å²) in [5, 5.41) is 5.08. The van der Waals surface area contributed by atoms with Crippen LogP contribution in [0.5, 0.6) is 0 Å². The molecule has 1 aromatic heterocycles. The van der Waals surface area contributed by atoms with Crippen LogP contribution in [0.15, 0.2) is 36.5 Å². The molecule has 0 saturated carbocycles. The van der Waals surface area contributed by atoms with Crippen LogP contribution < -0.4 is 10.6 Å². The molecular formula is C21H25F4N5O. The Labute approximate surface area is 178 Å². The van der Waals surface area contributed by atoms with Crippen molar-refractivity contribution in [3.05, 3.63) is 53.6 Å². The summed E-state index contributed by atoms with van der Waals surface area (Å²) >= 11 is 0. The number of pyridine rings is 1. The van der Waals surface area contributed by atoms with Crippen LogP contribution in [0.3, 0.4) is 0 Å². The highest BCUT2D eigenvalue weighted by Gasteiger charge is 2.35. The molecule has 0 bridgehead atoms. The number of amides is 2. The van der Waals surface area contributed by atoms with Crippen LogP contribution in [0, 0.1) is 12.7 Å². The Morgan fingerprint density at radius 2 is 1.97 bits per heavy atom. The van der Waals surface area contributed by atoms with Gasteiger partial charge in [0, 0.05) is 43.5 Å². The zero-order chi connectivity index (χ0) is 22.6. The van der Waals surface area contributed by atoms with Crippen molar-refractivity contribution in [3.8, 4) is 0 Å². The zero-order valence-electron chi connectivity index (χ0n) is 17.3. The molecular weight excluding hydrogens is 414 g/mol. The average molecular weight is 439 g/mol. The molecule has 1 aliphatic heterocycles. The van der Waals surface area contributed by atoms with E-state index in [1.54, 1.807) is 31.2 Å². The molecule has 168 valence electrons. The molecule has 2 aromatic rings. The van der Waals surface area contributed by atoms with Gasteiger partial charge < -0.3 is 10.6 Å². The average Bonchev–Trinajstić information content (AvgIpc) is 2.68. The molecule has 1 atom stereocenters. The number of urea groups is 1. The largest absolute Gasteiger partial charge is 0.401 e. The molecule has 1 saturated heterocycles. The van der Waals surface area contributed by atoms with Gasteiger partial charge in [-0.1, -0.05) is 12.1 Å². The molecule has 1 aliphatic rings. The van der Waals surface area contributed by atoms with E-state index in [0.717, 1.165) is 5.69 Å². The van der Waals surface area contributed by atoms with E-state index in [2.05, 4.69) is 15.6 Å². The van der Waals surface area contributed by atoms with Gasteiger partial charge in [0.15, 0.2) is 5.82 Å². The van der Waals surface area contributed by atoms with E-state index in [-0.39, 0.29) is 24.8 Å². The zero-order valence-corrected chi connectivity index (χ0v) is 17.3. The van der Waals surface area contributed by atoms with Gasteiger partial charge in [0.2, 0.25) is 0 Å². The van der Waals surface area contributed by atoms with E-state index in [9.17, 15) is 22.4 Å². The first-order valence-corrected chi connectivity index (χ1v) is 9.92. The van der Waals surface area contributed by atoms with E-state index in [1.165, 1.54) is 17.2 Å². The van der Waals surface area contributed by atoms with Gasteiger partial charge in [-0.2, -0.15) is 13.2 Å². The number of piperazine rings is 1. The number of benzene rings is 1. The number of halogens is 4. The number of alkyl halides is 3. The first kappa shape index (κ1) is 23.0. The van der Waals surface area contributed by atoms with Gasteiger partial charge in [-0.25, -0.2) is 9.18 Å². The van der Waals surface area contributed by atoms with E-state index < -0.39 is 24.6 Å². The van der Waals surface area contributed by atoms with Crippen LogP contribution in [0.1, 0.15) is 18.2 Å². The molecule has 2 heterocycles. The van der Waals surface area contributed by atoms with Crippen molar-refractivity contribution in [2.45, 2.75) is 32.6 Å². The van der Waals surface area contributed by atoms with Crippen molar-refractivity contribution in [3.63, 3.8) is 0 Å². The number of anilines is 2. The molecule has 0 radical (unpaired) electrons. The van der Waals surface area contributed by atoms with E-state index in [0.29, 0.717) is 24.3 Å². The number of nitrogens with zero attached hydrogens (tertiary/aromatic N) is 3. The summed E-state index contributed by atoms with van der Waals surface area (Å²) in [6.07, 6.45) is -2.74. The lowest BCUT2D eigenvalue weighted by atomic mass is 10.1. The van der Waals surface area contributed by atoms with Crippen LogP contribution in [-0.2, 0) is 6.54 Å². The first-order valence-electron chi connectivity index (χ1n) is 9.92. The third kappa shape index (κ3) is 6.63. The van der Waals surface area contributed by atoms with Crippen molar-refractivity contribution in [2.75, 3.05) is 36.8 Å². The molecule has 2 amide bonds. The Morgan fingerprint density at radius 1 is 1.19 bits per heavy atom. The number of aryl methyl sites for hydroxylation is 1. The maximum Gasteiger partial charge on any atom is 0.401 e. The molecule has 1 aromatic carbocycles. The van der Waals surface area contributed by atoms with Crippen LogP contribution in [0.2, 0.25) is 0 Å². The van der Waals surface area contributed by atoms with Crippen LogP contribution in [0.4, 0.5) is 33.7 Å². The Bertz CT molecular complexity index is 904. The predicted molar refractivity (Wildman–Crippen MR) is 110 cm³/mol. The summed E-state index contributed by atoms with van der Waals surface area (Å²) in [4.78, 5) is 19.6. The van der Waals surface area contributed by atoms with Gasteiger partial charge in [0.25, 0.3) is 0 Å². The van der Waals surface area contributed by atoms with Gasteiger partial charge in [-0.05, 0) is 32.0 Å². The van der Waals surface area contributed by atoms with Crippen molar-refractivity contribution in [1.29, 1.82) is 0 Å². The fourth-order valence-corrected chi connectivity index (χ4v) is 3.55. The lowest BCUT2D eigenvalue weighted by molar-refractivity contribution is -0.155. The summed E-state index contributed by atoms with van der Waals surface area (Å²) in [6.45, 7) is 3.91. The lowest BCUT2D eigenvalue weighted by Crippen LogP contribution is -2.53. The summed E-state index contributed by atoms with van der Waals surface area (Å²) < 4.78 is 52.9. The van der Waals surface area contributed by atoms with Crippen LogP contribution >= 0.6 is 0 Å². The molecule has 31 heavy (non-hydrogen) atoms. The van der Waals surface area contributed by atoms with E-state index in [1.807, 2.05) is 11.8 Å². The Balaban J connectivity index is 1.59. The number of rotatable bonds is 5. The predicted octanol–water partition coefficient (Wildman–Crippen LogP) is 4.24. The Hall–Kier alpha value is -2.72. The number of hydrogen-bond donors (Lipinski definition) is 2. The van der Waals surface area contributed by atoms with Gasteiger partial charge in [-0.3, -0.25) is 14.8 Å². The molecule has 3 rings (SSSR count). The van der Waals surface area contributed by atoms with Crippen molar-refractivity contribution in [2.24, 2.45) is 0 Å². The van der Waals surface area contributed by atoms with Crippen LogP contribution in [-0.4, -0.2) is 59.2 Å². The van der Waals surface area contributed by atoms with Crippen LogP contribution in [0.25, 0.3) is 0 Å². The number of hydrogen-bond acceptors (Lipinski definition) is 4. The lowest BCUT2D eigenvalue weighted by Gasteiger charge is -2.40. The fraction of sp³-hybridized carbons (Fsp3) is 0.429. The molecule has 1 fully saturated rings. The minimum atomic E-state index is -4.24. The molecule has 0 unspecified atom stereocenters. The van der Waals surface area contributed by atoms with Crippen molar-refractivity contribution < 1.29 is 22.4 Å². The van der Waals surface area contributed by atoms with Gasteiger partial charge in [0.1, 0.15) is 0 Å². The maximum atomic E-state index is 14.9. The first-order chi connectivity index (χ1) is 14.6. The molecule has 0 aliphatic carbocycles. The molecule has 10 heteroatoms. The normalized spacial score (nSPS) is 18.1. The molecule has 2 N–H and O–H groups in total. The van der Waals surface area contributed by atoms with Crippen molar-refractivity contribution in [1.82, 2.24) is 14.8 Å². The number of carbonyl (C=O) groups is 1. The minimum absolute atomic E-state index is 0.0267. The highest BCUT2D eigenvalue weighted by Crippen LogP contribution is 2.23. The maximum absolute atomic E-state index is 14.9. The SMILES string of the molecule is Cc1ccc(NC(=O)Nc2cccc(CN3CCN(CC(F)(F)F)[C@H](C)C3)c2F)cn1. The summed E-state index contributed by atoms with van der Waals surface area (Å²) in [7, 11) is 0. The minimum Gasteiger partial charge on any atom is -0.306 e. The quantitative estimate of drug-likeness (QED) is 0.685. The van der Waals surface area contributed by atoms with E-state index >= 15 is 0 Å². The van der Waals surface area contributed by atoms with Gasteiger partial charge >= 0.3 is 12.2 Å². The third-order valence-corrected chi connectivity index (χ3v) is 5.12. The van der Waals surface area contributed by atoms with Gasteiger partial charge in [-0.15, -0.1) is 0 Å². The molecule has 6 nitrogen and oxygen atoms in total. The summed E-state index contributed by atoms with van der Waals surface area (Å²) in [5.74, 6) is -0.565. The number of carbonyl (C=O) groups excluding carboxylic acids is 1. The third-order valence-electron chi connectivity index (χ3n) is 5.12. The Morgan fingerprint density at radius 3 is 2.61 bits per heavy atom. The second-order valence-electron chi connectivity index (χ2n) is 7.72. The highest BCUT2D eigenvalue weighted by molar-refractivity contribution is 5.99. The number of aromatic nitrogens is 1. The second kappa shape index (κ2) is 9.61. The van der Waals surface area contributed by atoms with Crippen molar-refractivity contribution >= 4 is 17.4 Å². The topological polar surface area (TPSA) is 60.5 Å². The van der Waals surface area contributed by atoms with Gasteiger partial charge in [0.05, 0.1) is 24.1 Å².